The number of imidazole rings is 1. The topological polar surface area (TPSA) is 74.8 Å². The number of aromatic amines is 1. The number of hydrogen-bond acceptors (Lipinski definition) is 4. The molecule has 0 saturated carbocycles. The number of hydrogen-bond donors (Lipinski definition) is 2. The van der Waals surface area contributed by atoms with Crippen LogP contribution in [-0.2, 0) is 16.0 Å². The van der Waals surface area contributed by atoms with Crippen molar-refractivity contribution >= 4 is 29.9 Å². The third-order valence-electron chi connectivity index (χ3n) is 3.94. The highest BCUT2D eigenvalue weighted by atomic mass is 127. The summed E-state index contributed by atoms with van der Waals surface area (Å²) in [6.45, 7) is 6.20. The van der Waals surface area contributed by atoms with Crippen molar-refractivity contribution in [1.82, 2.24) is 20.2 Å². The molecule has 1 aromatic carbocycles. The Morgan fingerprint density at radius 2 is 2.00 bits per heavy atom. The molecule has 28 heavy (non-hydrogen) atoms. The van der Waals surface area contributed by atoms with Crippen molar-refractivity contribution in [2.75, 3.05) is 47.1 Å². The molecule has 0 bridgehead atoms. The Hall–Kier alpha value is -1.65. The van der Waals surface area contributed by atoms with Gasteiger partial charge in [0, 0.05) is 33.9 Å². The number of ether oxygens (including phenoxy) is 2. The van der Waals surface area contributed by atoms with Crippen LogP contribution in [0.15, 0.2) is 41.5 Å². The number of halogens is 1. The van der Waals surface area contributed by atoms with E-state index in [1.54, 1.807) is 7.11 Å². The number of benzene rings is 1. The lowest BCUT2D eigenvalue weighted by Gasteiger charge is -2.21. The minimum absolute atomic E-state index is 0. The number of methoxy groups -OCH3 is 1. The van der Waals surface area contributed by atoms with Crippen LogP contribution in [0.25, 0.3) is 11.3 Å². The molecular weight excluding hydrogens is 469 g/mol. The fourth-order valence-corrected chi connectivity index (χ4v) is 2.57. The second-order valence-electron chi connectivity index (χ2n) is 6.16. The molecule has 0 unspecified atom stereocenters. The van der Waals surface area contributed by atoms with E-state index in [1.165, 1.54) is 0 Å². The SMILES string of the molecule is CCNC(=NCCCOCCOC)N(C)Cc1ncc(-c2ccccc2)[nH]1.I. The highest BCUT2D eigenvalue weighted by molar-refractivity contribution is 14.0. The predicted octanol–water partition coefficient (Wildman–Crippen LogP) is 3.15. The average Bonchev–Trinajstić information content (AvgIpc) is 3.15. The minimum atomic E-state index is 0. The highest BCUT2D eigenvalue weighted by Crippen LogP contribution is 2.16. The standard InChI is InChI=1S/C20H31N5O2.HI/c1-4-21-20(22-11-8-12-27-14-13-26-3)25(2)16-19-23-15-18(24-19)17-9-6-5-7-10-17;/h5-7,9-10,15H,4,8,11-14,16H2,1-3H3,(H,21,22)(H,23,24);1H. The van der Waals surface area contributed by atoms with Crippen LogP contribution in [0.5, 0.6) is 0 Å². The summed E-state index contributed by atoms with van der Waals surface area (Å²) in [6.07, 6.45) is 2.76. The van der Waals surface area contributed by atoms with Gasteiger partial charge < -0.3 is 24.7 Å². The Kier molecular flexibility index (Phi) is 12.5. The van der Waals surface area contributed by atoms with Gasteiger partial charge in [-0.3, -0.25) is 4.99 Å². The fraction of sp³-hybridized carbons (Fsp3) is 0.500. The predicted molar refractivity (Wildman–Crippen MR) is 124 cm³/mol. The second kappa shape index (κ2) is 14.4. The summed E-state index contributed by atoms with van der Waals surface area (Å²) in [7, 11) is 3.69. The molecule has 0 amide bonds. The summed E-state index contributed by atoms with van der Waals surface area (Å²) in [5.41, 5.74) is 2.15. The Morgan fingerprint density at radius 1 is 1.21 bits per heavy atom. The molecule has 2 N–H and O–H groups in total. The molecule has 2 aromatic rings. The number of nitrogens with zero attached hydrogens (tertiary/aromatic N) is 3. The third-order valence-corrected chi connectivity index (χ3v) is 3.94. The summed E-state index contributed by atoms with van der Waals surface area (Å²) in [5, 5.41) is 3.33. The first kappa shape index (κ1) is 24.4. The largest absolute Gasteiger partial charge is 0.382 e. The summed E-state index contributed by atoms with van der Waals surface area (Å²) in [4.78, 5) is 14.6. The van der Waals surface area contributed by atoms with Crippen molar-refractivity contribution < 1.29 is 9.47 Å². The maximum atomic E-state index is 5.47. The molecule has 1 heterocycles. The van der Waals surface area contributed by atoms with E-state index in [1.807, 2.05) is 31.4 Å². The first-order valence-electron chi connectivity index (χ1n) is 9.40. The van der Waals surface area contributed by atoms with Crippen LogP contribution in [0.1, 0.15) is 19.2 Å². The van der Waals surface area contributed by atoms with Crippen LogP contribution < -0.4 is 5.32 Å². The Balaban J connectivity index is 0.00000392. The lowest BCUT2D eigenvalue weighted by molar-refractivity contribution is 0.0702. The number of guanidine groups is 1. The number of aliphatic imine (C=N–C) groups is 1. The molecule has 8 heteroatoms. The van der Waals surface area contributed by atoms with Crippen LogP contribution in [0.4, 0.5) is 0 Å². The molecule has 7 nitrogen and oxygen atoms in total. The molecule has 0 aliphatic rings. The van der Waals surface area contributed by atoms with Gasteiger partial charge in [0.25, 0.3) is 0 Å². The molecular formula is C20H32IN5O2. The van der Waals surface area contributed by atoms with Gasteiger partial charge in [-0.05, 0) is 18.9 Å². The van der Waals surface area contributed by atoms with Crippen molar-refractivity contribution in [1.29, 1.82) is 0 Å². The van der Waals surface area contributed by atoms with Crippen LogP contribution >= 0.6 is 24.0 Å². The van der Waals surface area contributed by atoms with Crippen molar-refractivity contribution in [3.8, 4) is 11.3 Å². The van der Waals surface area contributed by atoms with E-state index in [4.69, 9.17) is 9.47 Å². The van der Waals surface area contributed by atoms with Gasteiger partial charge in [0.1, 0.15) is 5.82 Å². The van der Waals surface area contributed by atoms with Gasteiger partial charge in [0.05, 0.1) is 31.6 Å². The summed E-state index contributed by atoms with van der Waals surface area (Å²) < 4.78 is 10.4. The van der Waals surface area contributed by atoms with E-state index >= 15 is 0 Å². The van der Waals surface area contributed by atoms with Gasteiger partial charge in [-0.25, -0.2) is 4.98 Å². The van der Waals surface area contributed by atoms with Gasteiger partial charge in [0.2, 0.25) is 0 Å². The molecule has 0 atom stereocenters. The second-order valence-corrected chi connectivity index (χ2v) is 6.16. The van der Waals surface area contributed by atoms with E-state index in [0.29, 0.717) is 32.9 Å². The van der Waals surface area contributed by atoms with E-state index in [0.717, 1.165) is 36.0 Å². The Morgan fingerprint density at radius 3 is 2.71 bits per heavy atom. The Bertz CT molecular complexity index is 678. The van der Waals surface area contributed by atoms with Crippen LogP contribution in [0, 0.1) is 0 Å². The van der Waals surface area contributed by atoms with Crippen molar-refractivity contribution in [2.24, 2.45) is 4.99 Å². The van der Waals surface area contributed by atoms with Crippen LogP contribution in [0.3, 0.4) is 0 Å². The third kappa shape index (κ3) is 8.57. The zero-order valence-corrected chi connectivity index (χ0v) is 19.3. The minimum Gasteiger partial charge on any atom is -0.382 e. The van der Waals surface area contributed by atoms with Gasteiger partial charge in [-0.1, -0.05) is 30.3 Å². The van der Waals surface area contributed by atoms with Crippen molar-refractivity contribution in [3.05, 3.63) is 42.4 Å². The highest BCUT2D eigenvalue weighted by Gasteiger charge is 2.09. The maximum Gasteiger partial charge on any atom is 0.194 e. The van der Waals surface area contributed by atoms with E-state index in [9.17, 15) is 0 Å². The van der Waals surface area contributed by atoms with Crippen LogP contribution in [0.2, 0.25) is 0 Å². The van der Waals surface area contributed by atoms with Gasteiger partial charge in [0.15, 0.2) is 5.96 Å². The molecule has 156 valence electrons. The van der Waals surface area contributed by atoms with Crippen molar-refractivity contribution in [3.63, 3.8) is 0 Å². The molecule has 0 fully saturated rings. The molecule has 2 rings (SSSR count). The first-order chi connectivity index (χ1) is 13.2. The number of rotatable bonds is 11. The maximum absolute atomic E-state index is 5.47. The summed E-state index contributed by atoms with van der Waals surface area (Å²) in [5.74, 6) is 1.77. The van der Waals surface area contributed by atoms with Gasteiger partial charge in [-0.2, -0.15) is 0 Å². The van der Waals surface area contributed by atoms with E-state index in [2.05, 4.69) is 44.2 Å². The average molecular weight is 501 g/mol. The van der Waals surface area contributed by atoms with Crippen LogP contribution in [-0.4, -0.2) is 67.9 Å². The fourth-order valence-electron chi connectivity index (χ4n) is 2.57. The Labute approximate surface area is 185 Å². The molecule has 0 aliphatic carbocycles. The molecule has 0 saturated heterocycles. The number of H-pyrrole nitrogens is 1. The molecule has 0 spiro atoms. The summed E-state index contributed by atoms with van der Waals surface area (Å²) in [6, 6.07) is 10.2. The van der Waals surface area contributed by atoms with Gasteiger partial charge >= 0.3 is 0 Å². The summed E-state index contributed by atoms with van der Waals surface area (Å²) >= 11 is 0. The van der Waals surface area contributed by atoms with E-state index < -0.39 is 0 Å². The van der Waals surface area contributed by atoms with E-state index in [-0.39, 0.29) is 24.0 Å². The number of nitrogens with one attached hydrogen (secondary N) is 2. The molecule has 0 aliphatic heterocycles. The van der Waals surface area contributed by atoms with Gasteiger partial charge in [-0.15, -0.1) is 24.0 Å². The first-order valence-corrected chi connectivity index (χ1v) is 9.40. The molecule has 1 aromatic heterocycles. The zero-order valence-electron chi connectivity index (χ0n) is 17.0. The quantitative estimate of drug-likeness (QED) is 0.214. The lowest BCUT2D eigenvalue weighted by Crippen LogP contribution is -2.38. The zero-order chi connectivity index (χ0) is 19.3. The monoisotopic (exact) mass is 501 g/mol. The molecule has 0 radical (unpaired) electrons. The van der Waals surface area contributed by atoms with Crippen molar-refractivity contribution in [2.45, 2.75) is 19.9 Å². The lowest BCUT2D eigenvalue weighted by atomic mass is 10.2. The normalized spacial score (nSPS) is 11.2. The smallest absolute Gasteiger partial charge is 0.194 e. The number of aromatic nitrogens is 2.